The summed E-state index contributed by atoms with van der Waals surface area (Å²) in [6, 6.07) is 8.47. The molecule has 3 rings (SSSR count). The first-order chi connectivity index (χ1) is 18.1. The third kappa shape index (κ3) is 6.81. The monoisotopic (exact) mass is 546 g/mol. The van der Waals surface area contributed by atoms with Crippen molar-refractivity contribution in [2.24, 2.45) is 5.41 Å². The van der Waals surface area contributed by atoms with Gasteiger partial charge in [0.05, 0.1) is 16.5 Å². The van der Waals surface area contributed by atoms with E-state index in [1.165, 1.54) is 6.20 Å². The van der Waals surface area contributed by atoms with Gasteiger partial charge in [-0.05, 0) is 56.4 Å². The Hall–Kier alpha value is -3.20. The van der Waals surface area contributed by atoms with Gasteiger partial charge in [0.25, 0.3) is 6.43 Å². The number of nitrogens with zero attached hydrogens (tertiary/aromatic N) is 3. The van der Waals surface area contributed by atoms with Crippen LogP contribution in [0.1, 0.15) is 65.4 Å². The molecule has 0 unspecified atom stereocenters. The average Bonchev–Trinajstić information content (AvgIpc) is 2.89. The van der Waals surface area contributed by atoms with Crippen molar-refractivity contribution in [3.63, 3.8) is 0 Å². The Morgan fingerprint density at radius 1 is 1.13 bits per heavy atom. The van der Waals surface area contributed by atoms with E-state index in [0.29, 0.717) is 27.6 Å². The fraction of sp³-hybridized carbons (Fsp3) is 0.464. The minimum atomic E-state index is -2.72. The second-order valence-electron chi connectivity index (χ2n) is 9.33. The quantitative estimate of drug-likeness (QED) is 0.256. The summed E-state index contributed by atoms with van der Waals surface area (Å²) in [5, 5.41) is 0.330. The molecule has 0 bridgehead atoms. The third-order valence-electron chi connectivity index (χ3n) is 6.82. The smallest absolute Gasteiger partial charge is 0.348 e. The van der Waals surface area contributed by atoms with Gasteiger partial charge in [-0.25, -0.2) is 23.5 Å². The Labute approximate surface area is 226 Å². The molecule has 3 aromatic rings. The van der Waals surface area contributed by atoms with E-state index in [0.717, 1.165) is 12.8 Å². The number of alkyl halides is 2. The van der Waals surface area contributed by atoms with Crippen molar-refractivity contribution in [1.29, 1.82) is 0 Å². The molecule has 0 saturated heterocycles. The van der Waals surface area contributed by atoms with Gasteiger partial charge in [0.1, 0.15) is 11.6 Å². The molecule has 0 spiro atoms. The molecule has 2 aromatic heterocycles. The first kappa shape index (κ1) is 29.4. The highest BCUT2D eigenvalue weighted by Gasteiger charge is 2.42. The largest absolute Gasteiger partial charge is 0.475 e. The van der Waals surface area contributed by atoms with Crippen LogP contribution in [0, 0.1) is 5.41 Å². The first-order valence-corrected chi connectivity index (χ1v) is 13.2. The van der Waals surface area contributed by atoms with Gasteiger partial charge in [-0.3, -0.25) is 9.78 Å². The second kappa shape index (κ2) is 13.0. The van der Waals surface area contributed by atoms with Crippen LogP contribution in [0.3, 0.4) is 0 Å². The van der Waals surface area contributed by atoms with Gasteiger partial charge < -0.3 is 4.74 Å². The number of ketones is 1. The van der Waals surface area contributed by atoms with Crippen LogP contribution in [0.5, 0.6) is 5.88 Å². The number of carbonyl (C=O) groups is 1. The Morgan fingerprint density at radius 2 is 1.87 bits per heavy atom. The highest BCUT2D eigenvalue weighted by atomic mass is 35.5. The van der Waals surface area contributed by atoms with Crippen LogP contribution in [-0.4, -0.2) is 38.2 Å². The molecule has 0 aliphatic rings. The molecule has 7 nitrogen and oxygen atoms in total. The molecule has 0 amide bonds. The Bertz CT molecular complexity index is 1290. The second-order valence-corrected chi connectivity index (χ2v) is 9.74. The molecule has 0 aliphatic carbocycles. The average molecular weight is 547 g/mol. The molecule has 204 valence electrons. The molecule has 1 atom stereocenters. The summed E-state index contributed by atoms with van der Waals surface area (Å²) in [4.78, 5) is 40.5. The molecule has 0 radical (unpaired) electrons. The highest BCUT2D eigenvalue weighted by Crippen LogP contribution is 2.36. The van der Waals surface area contributed by atoms with Gasteiger partial charge in [0, 0.05) is 29.8 Å². The molecule has 0 aliphatic heterocycles. The Morgan fingerprint density at radius 3 is 2.47 bits per heavy atom. The van der Waals surface area contributed by atoms with Gasteiger partial charge in [-0.15, -0.1) is 0 Å². The van der Waals surface area contributed by atoms with Crippen LogP contribution in [0.25, 0.3) is 22.8 Å². The minimum Gasteiger partial charge on any atom is -0.475 e. The van der Waals surface area contributed by atoms with Crippen LogP contribution in [-0.2, 0) is 11.2 Å². The predicted molar refractivity (Wildman–Crippen MR) is 144 cm³/mol. The van der Waals surface area contributed by atoms with Crippen LogP contribution in [0.15, 0.2) is 41.3 Å². The van der Waals surface area contributed by atoms with Gasteiger partial charge in [-0.2, -0.15) is 4.98 Å². The molecule has 10 heteroatoms. The lowest BCUT2D eigenvalue weighted by Gasteiger charge is -2.29. The Balaban J connectivity index is 1.85. The number of halogens is 3. The van der Waals surface area contributed by atoms with Crippen molar-refractivity contribution in [1.82, 2.24) is 19.9 Å². The van der Waals surface area contributed by atoms with Crippen LogP contribution in [0.4, 0.5) is 8.78 Å². The molecule has 2 heterocycles. The van der Waals surface area contributed by atoms with Crippen LogP contribution in [0.2, 0.25) is 5.02 Å². The number of H-pyrrole nitrogens is 1. The minimum absolute atomic E-state index is 0.0289. The third-order valence-corrected chi connectivity index (χ3v) is 7.15. The summed E-state index contributed by atoms with van der Waals surface area (Å²) in [5.74, 6) is 0.357. The molecule has 1 N–H and O–H groups in total. The van der Waals surface area contributed by atoms with Gasteiger partial charge in [0.15, 0.2) is 5.82 Å². The van der Waals surface area contributed by atoms with E-state index in [1.807, 2.05) is 6.92 Å². The number of aromatic amines is 1. The summed E-state index contributed by atoms with van der Waals surface area (Å²) in [6.07, 6.45) is 1.13. The van der Waals surface area contributed by atoms with E-state index in [-0.39, 0.29) is 43.4 Å². The SMILES string of the molecule is CCC[C@@H](C)Oc1ccc(-c2nc(-c3cc(CCC(=O)C(CC)(CC)C(F)F)ccc3Cl)[nH]c(=O)n2)cn1. The summed E-state index contributed by atoms with van der Waals surface area (Å²) in [5.41, 5.74) is -0.590. The molecule has 0 fully saturated rings. The van der Waals surface area contributed by atoms with Crippen molar-refractivity contribution >= 4 is 17.4 Å². The summed E-state index contributed by atoms with van der Waals surface area (Å²) in [6.45, 7) is 7.28. The summed E-state index contributed by atoms with van der Waals surface area (Å²) < 4.78 is 33.2. The number of carbonyl (C=O) groups excluding carboxylic acids is 1. The molecular formula is C28H33ClF2N4O3. The van der Waals surface area contributed by atoms with E-state index >= 15 is 0 Å². The summed E-state index contributed by atoms with van der Waals surface area (Å²) >= 11 is 6.42. The number of aryl methyl sites for hydroxylation is 1. The number of nitrogens with one attached hydrogen (secondary N) is 1. The van der Waals surface area contributed by atoms with E-state index in [2.05, 4.69) is 26.9 Å². The predicted octanol–water partition coefficient (Wildman–Crippen LogP) is 6.69. The number of hydrogen-bond acceptors (Lipinski definition) is 6. The van der Waals surface area contributed by atoms with Gasteiger partial charge >= 0.3 is 5.69 Å². The van der Waals surface area contributed by atoms with Crippen LogP contribution < -0.4 is 10.4 Å². The lowest BCUT2D eigenvalue weighted by atomic mass is 9.76. The molecular weight excluding hydrogens is 514 g/mol. The van der Waals surface area contributed by atoms with E-state index in [4.69, 9.17) is 16.3 Å². The lowest BCUT2D eigenvalue weighted by Crippen LogP contribution is -2.37. The number of rotatable bonds is 13. The highest BCUT2D eigenvalue weighted by molar-refractivity contribution is 6.33. The van der Waals surface area contributed by atoms with E-state index in [9.17, 15) is 18.4 Å². The molecule has 1 aromatic carbocycles. The lowest BCUT2D eigenvalue weighted by molar-refractivity contribution is -0.139. The molecule has 0 saturated carbocycles. The zero-order chi connectivity index (χ0) is 27.9. The number of ether oxygens (including phenoxy) is 1. The number of benzene rings is 1. The number of hydrogen-bond donors (Lipinski definition) is 1. The van der Waals surface area contributed by atoms with Crippen molar-refractivity contribution in [3.8, 4) is 28.7 Å². The van der Waals surface area contributed by atoms with Crippen molar-refractivity contribution in [3.05, 3.63) is 57.6 Å². The summed E-state index contributed by atoms with van der Waals surface area (Å²) in [7, 11) is 0. The number of pyridine rings is 1. The number of aromatic nitrogens is 4. The van der Waals surface area contributed by atoms with E-state index in [1.54, 1.807) is 44.2 Å². The first-order valence-electron chi connectivity index (χ1n) is 12.8. The van der Waals surface area contributed by atoms with Crippen molar-refractivity contribution < 1.29 is 18.3 Å². The van der Waals surface area contributed by atoms with Crippen molar-refractivity contribution in [2.75, 3.05) is 0 Å². The van der Waals surface area contributed by atoms with Gasteiger partial charge in [-0.1, -0.05) is 44.9 Å². The van der Waals surface area contributed by atoms with Gasteiger partial charge in [0.2, 0.25) is 5.88 Å². The van der Waals surface area contributed by atoms with Crippen molar-refractivity contribution in [2.45, 2.75) is 78.7 Å². The topological polar surface area (TPSA) is 97.8 Å². The fourth-order valence-electron chi connectivity index (χ4n) is 4.39. The standard InChI is InChI=1S/C28H33ClF2N4O3/c1-5-8-17(4)38-23-14-11-19(16-32-23)24-33-25(35-27(37)34-24)20-15-18(9-12-21(20)29)10-13-22(36)28(6-2,7-3)26(30)31/h9,11-12,14-17,26H,5-8,10,13H2,1-4H3,(H,33,34,35,37)/t17-/m1/s1. The maximum atomic E-state index is 13.7. The Kier molecular flexibility index (Phi) is 10.1. The van der Waals surface area contributed by atoms with Crippen LogP contribution >= 0.6 is 11.6 Å². The molecule has 38 heavy (non-hydrogen) atoms. The maximum absolute atomic E-state index is 13.7. The fourth-order valence-corrected chi connectivity index (χ4v) is 4.59. The normalized spacial score (nSPS) is 12.5. The maximum Gasteiger partial charge on any atom is 0.348 e. The number of Topliss-reactive ketones (excluding diaryl/α,β-unsaturated/α-hetero) is 1. The van der Waals surface area contributed by atoms with E-state index < -0.39 is 23.3 Å². The zero-order valence-electron chi connectivity index (χ0n) is 22.1. The zero-order valence-corrected chi connectivity index (χ0v) is 22.8.